The van der Waals surface area contributed by atoms with Gasteiger partial charge in [0.05, 0.1) is 0 Å². The van der Waals surface area contributed by atoms with Crippen LogP contribution in [0.25, 0.3) is 11.1 Å². The van der Waals surface area contributed by atoms with Crippen LogP contribution in [0, 0.1) is 0 Å². The van der Waals surface area contributed by atoms with Crippen LogP contribution in [-0.4, -0.2) is 42.0 Å². The summed E-state index contributed by atoms with van der Waals surface area (Å²) in [6, 6.07) is 15.6. The van der Waals surface area contributed by atoms with Crippen molar-refractivity contribution in [3.05, 3.63) is 65.5 Å². The quantitative estimate of drug-likeness (QED) is 0.632. The Morgan fingerprint density at radius 3 is 2.71 bits per heavy atom. The molecule has 2 aromatic carbocycles. The molecule has 0 aliphatic carbocycles. The highest BCUT2D eigenvalue weighted by Gasteiger charge is 2.12. The van der Waals surface area contributed by atoms with Crippen molar-refractivity contribution in [3.8, 4) is 0 Å². The Kier molecular flexibility index (Phi) is 6.02. The van der Waals surface area contributed by atoms with Gasteiger partial charge in [0.2, 0.25) is 0 Å². The fraction of sp³-hybridized carbons (Fsp3) is 0.391. The summed E-state index contributed by atoms with van der Waals surface area (Å²) in [5.41, 5.74) is 3.22. The topological polar surface area (TPSA) is 58.4 Å². The fourth-order valence-electron chi connectivity index (χ4n) is 3.75. The van der Waals surface area contributed by atoms with Crippen molar-refractivity contribution in [2.45, 2.75) is 32.1 Å². The molecule has 0 spiro atoms. The van der Waals surface area contributed by atoms with Crippen molar-refractivity contribution < 1.29 is 9.21 Å². The van der Waals surface area contributed by atoms with Crippen molar-refractivity contribution in [2.75, 3.05) is 26.2 Å². The van der Waals surface area contributed by atoms with Gasteiger partial charge in [-0.3, -0.25) is 4.79 Å². The molecule has 1 amide bonds. The van der Waals surface area contributed by atoms with E-state index in [2.05, 4.69) is 27.3 Å². The molecule has 0 atom stereocenters. The Bertz CT molecular complexity index is 914. The van der Waals surface area contributed by atoms with Crippen LogP contribution in [0.3, 0.4) is 0 Å². The van der Waals surface area contributed by atoms with Crippen molar-refractivity contribution in [3.63, 3.8) is 0 Å². The Labute approximate surface area is 165 Å². The maximum Gasteiger partial charge on any atom is 0.251 e. The van der Waals surface area contributed by atoms with Crippen LogP contribution < -0.4 is 5.32 Å². The number of carbonyl (C=O) groups is 1. The van der Waals surface area contributed by atoms with E-state index >= 15 is 0 Å². The lowest BCUT2D eigenvalue weighted by Gasteiger charge is -2.26. The number of nitrogens with zero attached hydrogens (tertiary/aromatic N) is 2. The predicted octanol–water partition coefficient (Wildman–Crippen LogP) is 4.02. The average molecular weight is 377 g/mol. The number of hydrogen-bond acceptors (Lipinski definition) is 4. The van der Waals surface area contributed by atoms with E-state index in [1.54, 1.807) is 6.07 Å². The molecular formula is C23H27N3O2. The standard InChI is InChI=1S/C23H27N3O2/c27-23(24-12-7-15-26-13-5-2-6-14-26)19-10-11-20-21(17-19)28-22(25-20)16-18-8-3-1-4-9-18/h1,3-4,8-11,17H,2,5-7,12-16H2,(H,24,27). The maximum absolute atomic E-state index is 12.5. The van der Waals surface area contributed by atoms with Gasteiger partial charge in [-0.25, -0.2) is 4.98 Å². The highest BCUT2D eigenvalue weighted by molar-refractivity contribution is 5.97. The van der Waals surface area contributed by atoms with E-state index in [1.165, 1.54) is 32.4 Å². The highest BCUT2D eigenvalue weighted by Crippen LogP contribution is 2.19. The van der Waals surface area contributed by atoms with Crippen LogP contribution in [-0.2, 0) is 6.42 Å². The number of aromatic nitrogens is 1. The van der Waals surface area contributed by atoms with Crippen molar-refractivity contribution >= 4 is 17.0 Å². The summed E-state index contributed by atoms with van der Waals surface area (Å²) >= 11 is 0. The first kappa shape index (κ1) is 18.7. The zero-order chi connectivity index (χ0) is 19.2. The van der Waals surface area contributed by atoms with Crippen LogP contribution in [0.1, 0.15) is 47.5 Å². The molecule has 1 aliphatic rings. The fourth-order valence-corrected chi connectivity index (χ4v) is 3.75. The number of fused-ring (bicyclic) bond motifs is 1. The van der Waals surface area contributed by atoms with Crippen LogP contribution >= 0.6 is 0 Å². The van der Waals surface area contributed by atoms with Gasteiger partial charge in [-0.1, -0.05) is 36.8 Å². The van der Waals surface area contributed by atoms with Crippen molar-refractivity contribution in [1.82, 2.24) is 15.2 Å². The molecule has 146 valence electrons. The molecule has 4 rings (SSSR count). The Balaban J connectivity index is 1.32. The Morgan fingerprint density at radius 2 is 1.89 bits per heavy atom. The van der Waals surface area contributed by atoms with Crippen LogP contribution in [0.2, 0.25) is 0 Å². The van der Waals surface area contributed by atoms with Crippen LogP contribution in [0.15, 0.2) is 52.9 Å². The lowest BCUT2D eigenvalue weighted by atomic mass is 10.1. The number of piperidine rings is 1. The van der Waals surface area contributed by atoms with Gasteiger partial charge in [-0.2, -0.15) is 0 Å². The van der Waals surface area contributed by atoms with E-state index < -0.39 is 0 Å². The summed E-state index contributed by atoms with van der Waals surface area (Å²) in [5.74, 6) is 0.613. The molecule has 1 aliphatic heterocycles. The highest BCUT2D eigenvalue weighted by atomic mass is 16.3. The zero-order valence-corrected chi connectivity index (χ0v) is 16.2. The number of carbonyl (C=O) groups excluding carboxylic acids is 1. The van der Waals surface area contributed by atoms with E-state index in [0.29, 0.717) is 30.0 Å². The number of amides is 1. The largest absolute Gasteiger partial charge is 0.440 e. The SMILES string of the molecule is O=C(NCCCN1CCCCC1)c1ccc2nc(Cc3ccccc3)oc2c1. The molecule has 1 aromatic heterocycles. The maximum atomic E-state index is 12.5. The van der Waals surface area contributed by atoms with Gasteiger partial charge in [0.1, 0.15) is 5.52 Å². The Hall–Kier alpha value is -2.66. The molecule has 5 heteroatoms. The minimum atomic E-state index is -0.0541. The molecule has 3 aromatic rings. The first-order valence-corrected chi connectivity index (χ1v) is 10.2. The minimum absolute atomic E-state index is 0.0541. The molecule has 1 saturated heterocycles. The normalized spacial score (nSPS) is 15.0. The van der Waals surface area contributed by atoms with Crippen molar-refractivity contribution in [2.24, 2.45) is 0 Å². The van der Waals surface area contributed by atoms with Gasteiger partial charge in [-0.15, -0.1) is 0 Å². The summed E-state index contributed by atoms with van der Waals surface area (Å²) in [6.07, 6.45) is 5.58. The number of rotatable bonds is 7. The third kappa shape index (κ3) is 4.78. The van der Waals surface area contributed by atoms with E-state index in [-0.39, 0.29) is 5.91 Å². The minimum Gasteiger partial charge on any atom is -0.440 e. The molecule has 28 heavy (non-hydrogen) atoms. The lowest BCUT2D eigenvalue weighted by molar-refractivity contribution is 0.0951. The molecule has 1 fully saturated rings. The van der Waals surface area contributed by atoms with E-state index in [1.807, 2.05) is 30.3 Å². The van der Waals surface area contributed by atoms with E-state index in [9.17, 15) is 4.79 Å². The third-order valence-corrected chi connectivity index (χ3v) is 5.28. The number of likely N-dealkylation sites (tertiary alicyclic amines) is 1. The molecule has 2 heterocycles. The smallest absolute Gasteiger partial charge is 0.251 e. The molecule has 1 N–H and O–H groups in total. The van der Waals surface area contributed by atoms with E-state index in [4.69, 9.17) is 4.42 Å². The van der Waals surface area contributed by atoms with Gasteiger partial charge in [0.15, 0.2) is 11.5 Å². The summed E-state index contributed by atoms with van der Waals surface area (Å²) < 4.78 is 5.87. The van der Waals surface area contributed by atoms with Gasteiger partial charge in [-0.05, 0) is 62.7 Å². The number of benzene rings is 2. The summed E-state index contributed by atoms with van der Waals surface area (Å²) in [4.78, 5) is 19.5. The van der Waals surface area contributed by atoms with Gasteiger partial charge in [0.25, 0.3) is 5.91 Å². The monoisotopic (exact) mass is 377 g/mol. The third-order valence-electron chi connectivity index (χ3n) is 5.28. The van der Waals surface area contributed by atoms with Gasteiger partial charge >= 0.3 is 0 Å². The summed E-state index contributed by atoms with van der Waals surface area (Å²) in [5, 5.41) is 3.02. The predicted molar refractivity (Wildman–Crippen MR) is 110 cm³/mol. The second-order valence-electron chi connectivity index (χ2n) is 7.46. The number of hydrogen-bond donors (Lipinski definition) is 1. The lowest BCUT2D eigenvalue weighted by Crippen LogP contribution is -2.33. The molecule has 0 radical (unpaired) electrons. The first-order valence-electron chi connectivity index (χ1n) is 10.2. The van der Waals surface area contributed by atoms with Gasteiger partial charge in [0, 0.05) is 18.5 Å². The number of oxazole rings is 1. The second-order valence-corrected chi connectivity index (χ2v) is 7.46. The molecule has 0 bridgehead atoms. The molecular weight excluding hydrogens is 350 g/mol. The zero-order valence-electron chi connectivity index (χ0n) is 16.2. The first-order chi connectivity index (χ1) is 13.8. The molecule has 0 unspecified atom stereocenters. The molecule has 5 nitrogen and oxygen atoms in total. The average Bonchev–Trinajstić information content (AvgIpc) is 3.14. The summed E-state index contributed by atoms with van der Waals surface area (Å²) in [6.45, 7) is 4.15. The Morgan fingerprint density at radius 1 is 1.07 bits per heavy atom. The van der Waals surface area contributed by atoms with Gasteiger partial charge < -0.3 is 14.6 Å². The van der Waals surface area contributed by atoms with Crippen LogP contribution in [0.4, 0.5) is 0 Å². The second kappa shape index (κ2) is 9.02. The molecule has 0 saturated carbocycles. The van der Waals surface area contributed by atoms with E-state index in [0.717, 1.165) is 24.0 Å². The van der Waals surface area contributed by atoms with Crippen LogP contribution in [0.5, 0.6) is 0 Å². The number of nitrogens with one attached hydrogen (secondary N) is 1. The summed E-state index contributed by atoms with van der Waals surface area (Å²) in [7, 11) is 0. The van der Waals surface area contributed by atoms with Crippen molar-refractivity contribution in [1.29, 1.82) is 0 Å².